The van der Waals surface area contributed by atoms with E-state index in [9.17, 15) is 30.0 Å². The van der Waals surface area contributed by atoms with Gasteiger partial charge in [0.15, 0.2) is 23.1 Å². The monoisotopic (exact) mass is 394 g/mol. The molecule has 3 rings (SSSR count). The highest BCUT2D eigenvalue weighted by molar-refractivity contribution is 6.01. The number of aliphatic hydroxyl groups is 4. The molecule has 0 saturated heterocycles. The first kappa shape index (κ1) is 21.2. The van der Waals surface area contributed by atoms with Crippen LogP contribution in [-0.2, 0) is 14.3 Å². The van der Waals surface area contributed by atoms with Crippen molar-refractivity contribution in [3.05, 3.63) is 22.7 Å². The smallest absolute Gasteiger partial charge is 0.198 e. The minimum Gasteiger partial charge on any atom is -0.450 e. The van der Waals surface area contributed by atoms with Crippen molar-refractivity contribution < 1.29 is 34.8 Å². The third-order valence-corrected chi connectivity index (χ3v) is 5.93. The molecule has 3 atom stereocenters. The Labute approximate surface area is 164 Å². The van der Waals surface area contributed by atoms with E-state index in [2.05, 4.69) is 0 Å². The number of carbonyl (C=O) groups is 2. The van der Waals surface area contributed by atoms with Crippen LogP contribution in [-0.4, -0.2) is 56.9 Å². The molecule has 0 amide bonds. The number of rotatable bonds is 4. The maximum absolute atomic E-state index is 12.7. The number of ketones is 2. The Morgan fingerprint density at radius 1 is 0.893 bits per heavy atom. The first-order valence-corrected chi connectivity index (χ1v) is 9.72. The fourth-order valence-corrected chi connectivity index (χ4v) is 4.71. The predicted molar refractivity (Wildman–Crippen MR) is 99.8 cm³/mol. The van der Waals surface area contributed by atoms with Crippen LogP contribution in [0, 0.1) is 16.7 Å². The minimum absolute atomic E-state index is 0.0841. The summed E-state index contributed by atoms with van der Waals surface area (Å²) in [4.78, 5) is 25.5. The van der Waals surface area contributed by atoms with Crippen LogP contribution >= 0.6 is 0 Å². The van der Waals surface area contributed by atoms with E-state index < -0.39 is 30.8 Å². The van der Waals surface area contributed by atoms with E-state index in [0.717, 1.165) is 0 Å². The van der Waals surface area contributed by atoms with Gasteiger partial charge in [-0.05, 0) is 34.8 Å². The molecule has 3 aliphatic rings. The minimum atomic E-state index is -1.63. The second-order valence-electron chi connectivity index (χ2n) is 9.90. The third-order valence-electron chi connectivity index (χ3n) is 5.93. The van der Waals surface area contributed by atoms with Gasteiger partial charge in [-0.3, -0.25) is 9.59 Å². The van der Waals surface area contributed by atoms with Crippen LogP contribution in [0.5, 0.6) is 0 Å². The molecule has 0 spiro atoms. The number of aliphatic hydroxyl groups excluding tert-OH is 4. The fraction of sp³-hybridized carbons (Fsp3) is 0.714. The van der Waals surface area contributed by atoms with Crippen molar-refractivity contribution >= 4 is 11.6 Å². The van der Waals surface area contributed by atoms with Gasteiger partial charge in [0, 0.05) is 18.8 Å². The molecule has 7 heteroatoms. The van der Waals surface area contributed by atoms with Gasteiger partial charge in [-0.15, -0.1) is 0 Å². The largest absolute Gasteiger partial charge is 0.450 e. The van der Waals surface area contributed by atoms with E-state index in [-0.39, 0.29) is 46.8 Å². The molecule has 2 aliphatic carbocycles. The second-order valence-corrected chi connectivity index (χ2v) is 9.90. The topological polar surface area (TPSA) is 124 Å². The molecule has 0 unspecified atom stereocenters. The van der Waals surface area contributed by atoms with Crippen molar-refractivity contribution in [2.75, 3.05) is 6.61 Å². The average Bonchev–Trinajstić information content (AvgIpc) is 2.56. The maximum Gasteiger partial charge on any atom is 0.198 e. The van der Waals surface area contributed by atoms with E-state index in [1.54, 1.807) is 0 Å². The molecular formula is C21H30O7. The summed E-state index contributed by atoms with van der Waals surface area (Å²) < 4.78 is 5.81. The lowest BCUT2D eigenvalue weighted by atomic mass is 9.64. The molecule has 0 aromatic rings. The van der Waals surface area contributed by atoms with Gasteiger partial charge < -0.3 is 25.2 Å². The lowest BCUT2D eigenvalue weighted by Crippen LogP contribution is -2.48. The Balaban J connectivity index is 2.13. The van der Waals surface area contributed by atoms with Crippen LogP contribution in [0.1, 0.15) is 53.4 Å². The van der Waals surface area contributed by atoms with E-state index in [1.165, 1.54) is 0 Å². The van der Waals surface area contributed by atoms with Gasteiger partial charge >= 0.3 is 0 Å². The highest BCUT2D eigenvalue weighted by atomic mass is 16.5. The number of Topliss-reactive ketones (excluding diaryl/α,β-unsaturated/α-hetero) is 2. The molecular weight excluding hydrogens is 364 g/mol. The Hall–Kier alpha value is -1.54. The first-order chi connectivity index (χ1) is 12.9. The van der Waals surface area contributed by atoms with Crippen molar-refractivity contribution in [3.63, 3.8) is 0 Å². The number of allylic oxidation sites excluding steroid dienone is 2. The average molecular weight is 394 g/mol. The van der Waals surface area contributed by atoms with Crippen LogP contribution in [0.2, 0.25) is 0 Å². The molecule has 4 N–H and O–H groups in total. The van der Waals surface area contributed by atoms with E-state index in [0.29, 0.717) is 24.0 Å². The Kier molecular flexibility index (Phi) is 5.34. The first-order valence-electron chi connectivity index (χ1n) is 9.72. The van der Waals surface area contributed by atoms with Crippen molar-refractivity contribution in [2.24, 2.45) is 16.7 Å². The zero-order valence-corrected chi connectivity index (χ0v) is 16.9. The SMILES string of the molecule is CC1(C)CC(=O)C2=C(C1)C([C@@H](O)[C@H](O)[C@@H](O)CO)C1=C(O2)C(=O)CC(C)(C)C1. The van der Waals surface area contributed by atoms with Crippen LogP contribution in [0.15, 0.2) is 22.7 Å². The molecule has 1 aliphatic heterocycles. The summed E-state index contributed by atoms with van der Waals surface area (Å²) in [5.74, 6) is -1.11. The van der Waals surface area contributed by atoms with E-state index >= 15 is 0 Å². The van der Waals surface area contributed by atoms with E-state index in [1.807, 2.05) is 27.7 Å². The Bertz CT molecular complexity index is 707. The highest BCUT2D eigenvalue weighted by Crippen LogP contribution is 2.52. The van der Waals surface area contributed by atoms with Gasteiger partial charge in [0.1, 0.15) is 12.2 Å². The fourth-order valence-electron chi connectivity index (χ4n) is 4.71. The van der Waals surface area contributed by atoms with Crippen molar-refractivity contribution in [2.45, 2.75) is 71.7 Å². The highest BCUT2D eigenvalue weighted by Gasteiger charge is 2.50. The zero-order chi connectivity index (χ0) is 21.0. The lowest BCUT2D eigenvalue weighted by Gasteiger charge is -2.45. The summed E-state index contributed by atoms with van der Waals surface area (Å²) in [6.07, 6.45) is -3.20. The predicted octanol–water partition coefficient (Wildman–Crippen LogP) is 0.994. The van der Waals surface area contributed by atoms with Gasteiger partial charge in [-0.1, -0.05) is 27.7 Å². The normalized spacial score (nSPS) is 27.7. The molecule has 1 heterocycles. The van der Waals surface area contributed by atoms with Crippen LogP contribution in [0.25, 0.3) is 0 Å². The number of hydrogen-bond acceptors (Lipinski definition) is 7. The molecule has 28 heavy (non-hydrogen) atoms. The molecule has 0 saturated carbocycles. The molecule has 156 valence electrons. The Morgan fingerprint density at radius 3 is 1.71 bits per heavy atom. The van der Waals surface area contributed by atoms with Gasteiger partial charge in [0.25, 0.3) is 0 Å². The molecule has 0 bridgehead atoms. The maximum atomic E-state index is 12.7. The summed E-state index contributed by atoms with van der Waals surface area (Å²) in [6, 6.07) is 0. The van der Waals surface area contributed by atoms with Crippen LogP contribution < -0.4 is 0 Å². The van der Waals surface area contributed by atoms with Crippen LogP contribution in [0.4, 0.5) is 0 Å². The molecule has 0 radical (unpaired) electrons. The molecule has 0 aromatic heterocycles. The van der Waals surface area contributed by atoms with Gasteiger partial charge in [0.2, 0.25) is 0 Å². The molecule has 0 fully saturated rings. The van der Waals surface area contributed by atoms with Crippen molar-refractivity contribution in [3.8, 4) is 0 Å². The second kappa shape index (κ2) is 7.06. The van der Waals surface area contributed by atoms with E-state index in [4.69, 9.17) is 4.74 Å². The third kappa shape index (κ3) is 3.68. The molecule has 0 aromatic carbocycles. The van der Waals surface area contributed by atoms with Crippen LogP contribution in [0.3, 0.4) is 0 Å². The number of hydrogen-bond donors (Lipinski definition) is 4. The van der Waals surface area contributed by atoms with Crippen molar-refractivity contribution in [1.82, 2.24) is 0 Å². The van der Waals surface area contributed by atoms with Gasteiger partial charge in [-0.2, -0.15) is 0 Å². The quantitative estimate of drug-likeness (QED) is 0.560. The summed E-state index contributed by atoms with van der Waals surface area (Å²) in [7, 11) is 0. The van der Waals surface area contributed by atoms with Gasteiger partial charge in [0.05, 0.1) is 12.7 Å². The van der Waals surface area contributed by atoms with Gasteiger partial charge in [-0.25, -0.2) is 0 Å². The standard InChI is InChI=1S/C21H30O7/c1-20(2)5-10-15(17(27)16(26)14(25)9-22)11-6-21(3,4)8-13(24)19(11)28-18(10)12(23)7-20/h14-17,22,25-27H,5-9H2,1-4H3/t14-,16+,17+/m0/s1. The summed E-state index contributed by atoms with van der Waals surface area (Å²) in [5.41, 5.74) is 0.401. The summed E-state index contributed by atoms with van der Waals surface area (Å²) in [6.45, 7) is 7.05. The zero-order valence-electron chi connectivity index (χ0n) is 16.9. The van der Waals surface area contributed by atoms with Crippen molar-refractivity contribution in [1.29, 1.82) is 0 Å². The number of ether oxygens (including phenoxy) is 1. The Morgan fingerprint density at radius 2 is 1.32 bits per heavy atom. The summed E-state index contributed by atoms with van der Waals surface area (Å²) in [5, 5.41) is 40.4. The molecule has 7 nitrogen and oxygen atoms in total. The summed E-state index contributed by atoms with van der Waals surface area (Å²) >= 11 is 0. The number of carbonyl (C=O) groups excluding carboxylic acids is 2. The lowest BCUT2D eigenvalue weighted by molar-refractivity contribution is -0.126.